The van der Waals surface area contributed by atoms with Crippen LogP contribution in [0.2, 0.25) is 5.02 Å². The van der Waals surface area contributed by atoms with Crippen molar-refractivity contribution < 1.29 is 24.2 Å². The number of aliphatic hydroxyl groups excluding tert-OH is 1. The lowest BCUT2D eigenvalue weighted by atomic mass is 9.86. The number of carbonyl (C=O) groups excluding carboxylic acids is 3. The standard InChI is InChI=1S/C21H26ClN3O5S/c1-12-14-9-13(22)3-4-16(14)31-17(12)10-18(27)25-21(5-7-23-8-6-21)20(29)24-15(11-26)19(28)30-2/h3-4,9,15,23,26H,5-8,10-11H2,1-2H3,(H,24,29)(H,25,27). The quantitative estimate of drug-likeness (QED) is 0.456. The van der Waals surface area contributed by atoms with Crippen molar-refractivity contribution in [2.45, 2.75) is 37.8 Å². The highest BCUT2D eigenvalue weighted by Gasteiger charge is 2.42. The molecular weight excluding hydrogens is 442 g/mol. The minimum Gasteiger partial charge on any atom is -0.467 e. The second kappa shape index (κ2) is 9.95. The minimum absolute atomic E-state index is 0.131. The molecule has 168 valence electrons. The summed E-state index contributed by atoms with van der Waals surface area (Å²) in [4.78, 5) is 38.7. The average Bonchev–Trinajstić information content (AvgIpc) is 3.06. The van der Waals surface area contributed by atoms with Gasteiger partial charge in [-0.15, -0.1) is 11.3 Å². The number of fused-ring (bicyclic) bond motifs is 1. The Kier molecular flexibility index (Phi) is 7.53. The molecule has 8 nitrogen and oxygen atoms in total. The summed E-state index contributed by atoms with van der Waals surface area (Å²) in [5.41, 5.74) is -0.176. The summed E-state index contributed by atoms with van der Waals surface area (Å²) in [7, 11) is 1.18. The topological polar surface area (TPSA) is 117 Å². The number of halogens is 1. The average molecular weight is 468 g/mol. The van der Waals surface area contributed by atoms with Crippen molar-refractivity contribution in [1.82, 2.24) is 16.0 Å². The van der Waals surface area contributed by atoms with Crippen LogP contribution < -0.4 is 16.0 Å². The molecule has 1 aliphatic rings. The van der Waals surface area contributed by atoms with Gasteiger partial charge in [0.1, 0.15) is 5.54 Å². The lowest BCUT2D eigenvalue weighted by molar-refractivity contribution is -0.147. The van der Waals surface area contributed by atoms with Gasteiger partial charge in [0.25, 0.3) is 0 Å². The minimum atomic E-state index is -1.18. The zero-order chi connectivity index (χ0) is 22.6. The number of aliphatic hydroxyl groups is 1. The SMILES string of the molecule is COC(=O)C(CO)NC(=O)C1(NC(=O)Cc2sc3ccc(Cl)cc3c2C)CCNCC1. The van der Waals surface area contributed by atoms with Crippen LogP contribution in [-0.2, 0) is 25.5 Å². The van der Waals surface area contributed by atoms with Gasteiger partial charge < -0.3 is 25.8 Å². The summed E-state index contributed by atoms with van der Waals surface area (Å²) in [5, 5.41) is 19.7. The van der Waals surface area contributed by atoms with E-state index in [0.29, 0.717) is 31.0 Å². The normalized spacial score (nSPS) is 16.5. The fourth-order valence-corrected chi connectivity index (χ4v) is 5.11. The number of nitrogens with one attached hydrogen (secondary N) is 3. The number of hydrogen-bond acceptors (Lipinski definition) is 7. The number of carbonyl (C=O) groups is 3. The number of esters is 1. The maximum absolute atomic E-state index is 13.1. The monoisotopic (exact) mass is 467 g/mol. The predicted octanol–water partition coefficient (Wildman–Crippen LogP) is 1.29. The molecule has 0 bridgehead atoms. The van der Waals surface area contributed by atoms with Crippen LogP contribution in [0.5, 0.6) is 0 Å². The maximum atomic E-state index is 13.1. The number of aryl methyl sites for hydroxylation is 1. The van der Waals surface area contributed by atoms with Crippen molar-refractivity contribution in [2.24, 2.45) is 0 Å². The lowest BCUT2D eigenvalue weighted by Gasteiger charge is -2.37. The van der Waals surface area contributed by atoms with Crippen LogP contribution in [0.4, 0.5) is 0 Å². The Balaban J connectivity index is 1.77. The van der Waals surface area contributed by atoms with Crippen molar-refractivity contribution in [3.8, 4) is 0 Å². The van der Waals surface area contributed by atoms with Crippen LogP contribution in [0.3, 0.4) is 0 Å². The van der Waals surface area contributed by atoms with E-state index in [-0.39, 0.29) is 12.3 Å². The van der Waals surface area contributed by atoms with Gasteiger partial charge in [-0.2, -0.15) is 0 Å². The number of ether oxygens (including phenoxy) is 1. The third kappa shape index (κ3) is 5.17. The molecule has 3 rings (SSSR count). The first kappa shape index (κ1) is 23.5. The van der Waals surface area contributed by atoms with Gasteiger partial charge in [-0.25, -0.2) is 4.79 Å². The summed E-state index contributed by atoms with van der Waals surface area (Å²) in [6.45, 7) is 2.43. The first-order chi connectivity index (χ1) is 14.8. The molecule has 1 atom stereocenters. The van der Waals surface area contributed by atoms with E-state index in [1.165, 1.54) is 18.4 Å². The van der Waals surface area contributed by atoms with E-state index < -0.39 is 30.1 Å². The number of amides is 2. The summed E-state index contributed by atoms with van der Waals surface area (Å²) in [5.74, 6) is -1.53. The van der Waals surface area contributed by atoms with Crippen molar-refractivity contribution in [1.29, 1.82) is 0 Å². The van der Waals surface area contributed by atoms with E-state index in [1.807, 2.05) is 25.1 Å². The van der Waals surface area contributed by atoms with Gasteiger partial charge in [-0.05, 0) is 62.0 Å². The predicted molar refractivity (Wildman–Crippen MR) is 119 cm³/mol. The number of thiophene rings is 1. The molecule has 2 aromatic rings. The summed E-state index contributed by atoms with van der Waals surface area (Å²) >= 11 is 7.62. The molecule has 1 aromatic heterocycles. The molecule has 1 unspecified atom stereocenters. The Bertz CT molecular complexity index is 987. The number of rotatable bonds is 7. The van der Waals surface area contributed by atoms with Crippen molar-refractivity contribution in [3.63, 3.8) is 0 Å². The van der Waals surface area contributed by atoms with E-state index in [4.69, 9.17) is 11.6 Å². The second-order valence-corrected chi connectivity index (χ2v) is 9.15. The highest BCUT2D eigenvalue weighted by molar-refractivity contribution is 7.19. The molecular formula is C21H26ClN3O5S. The van der Waals surface area contributed by atoms with Crippen LogP contribution in [-0.4, -0.2) is 61.3 Å². The molecule has 0 spiro atoms. The van der Waals surface area contributed by atoms with Gasteiger partial charge in [0.2, 0.25) is 11.8 Å². The van der Waals surface area contributed by atoms with Gasteiger partial charge in [0.05, 0.1) is 20.1 Å². The number of hydrogen-bond donors (Lipinski definition) is 4. The first-order valence-electron chi connectivity index (χ1n) is 9.98. The molecule has 10 heteroatoms. The maximum Gasteiger partial charge on any atom is 0.330 e. The van der Waals surface area contributed by atoms with Crippen molar-refractivity contribution >= 4 is 50.8 Å². The van der Waals surface area contributed by atoms with Crippen molar-refractivity contribution in [2.75, 3.05) is 26.8 Å². The molecule has 1 fully saturated rings. The molecule has 1 saturated heterocycles. The van der Waals surface area contributed by atoms with Crippen LogP contribution in [0, 0.1) is 6.92 Å². The van der Waals surface area contributed by atoms with Gasteiger partial charge in [-0.1, -0.05) is 11.6 Å². The fraction of sp³-hybridized carbons (Fsp3) is 0.476. The third-order valence-electron chi connectivity index (χ3n) is 5.56. The van der Waals surface area contributed by atoms with Crippen molar-refractivity contribution in [3.05, 3.63) is 33.7 Å². The van der Waals surface area contributed by atoms with Gasteiger partial charge in [0, 0.05) is 14.6 Å². The molecule has 1 aliphatic heterocycles. The zero-order valence-corrected chi connectivity index (χ0v) is 19.0. The molecule has 4 N–H and O–H groups in total. The summed E-state index contributed by atoms with van der Waals surface area (Å²) in [6.07, 6.45) is 0.863. The van der Waals surface area contributed by atoms with Gasteiger partial charge in [-0.3, -0.25) is 9.59 Å². The molecule has 0 saturated carbocycles. The van der Waals surface area contributed by atoms with E-state index in [2.05, 4.69) is 20.7 Å². The number of piperidine rings is 1. The zero-order valence-electron chi connectivity index (χ0n) is 17.4. The molecule has 31 heavy (non-hydrogen) atoms. The Hall–Kier alpha value is -2.20. The molecule has 0 aliphatic carbocycles. The van der Waals surface area contributed by atoms with E-state index in [1.54, 1.807) is 0 Å². The number of methoxy groups -OCH3 is 1. The third-order valence-corrected chi connectivity index (χ3v) is 7.07. The Morgan fingerprint density at radius 2 is 2.03 bits per heavy atom. The fourth-order valence-electron chi connectivity index (χ4n) is 3.75. The highest BCUT2D eigenvalue weighted by atomic mass is 35.5. The first-order valence-corrected chi connectivity index (χ1v) is 11.2. The largest absolute Gasteiger partial charge is 0.467 e. The smallest absolute Gasteiger partial charge is 0.330 e. The van der Waals surface area contributed by atoms with E-state index in [9.17, 15) is 19.5 Å². The van der Waals surface area contributed by atoms with Crippen LogP contribution in [0.1, 0.15) is 23.3 Å². The van der Waals surface area contributed by atoms with E-state index >= 15 is 0 Å². The molecule has 2 heterocycles. The Morgan fingerprint density at radius 3 is 2.68 bits per heavy atom. The number of benzene rings is 1. The summed E-state index contributed by atoms with van der Waals surface area (Å²) in [6, 6.07) is 4.45. The Labute approximate surface area is 189 Å². The summed E-state index contributed by atoms with van der Waals surface area (Å²) < 4.78 is 5.66. The van der Waals surface area contributed by atoms with Crippen LogP contribution in [0.25, 0.3) is 10.1 Å². The molecule has 2 amide bonds. The Morgan fingerprint density at radius 1 is 1.32 bits per heavy atom. The van der Waals surface area contributed by atoms with Gasteiger partial charge >= 0.3 is 5.97 Å². The highest BCUT2D eigenvalue weighted by Crippen LogP contribution is 2.33. The second-order valence-electron chi connectivity index (χ2n) is 7.58. The van der Waals surface area contributed by atoms with Crippen LogP contribution in [0.15, 0.2) is 18.2 Å². The van der Waals surface area contributed by atoms with E-state index in [0.717, 1.165) is 20.5 Å². The van der Waals surface area contributed by atoms with Gasteiger partial charge in [0.15, 0.2) is 6.04 Å². The lowest BCUT2D eigenvalue weighted by Crippen LogP contribution is -2.65. The molecule has 1 aromatic carbocycles. The molecule has 0 radical (unpaired) electrons. The van der Waals surface area contributed by atoms with Crippen LogP contribution >= 0.6 is 22.9 Å².